The predicted octanol–water partition coefficient (Wildman–Crippen LogP) is 4.90. The van der Waals surface area contributed by atoms with E-state index in [1.807, 2.05) is 60.7 Å². The summed E-state index contributed by atoms with van der Waals surface area (Å²) in [6.07, 6.45) is 0. The average Bonchev–Trinajstić information content (AvgIpc) is 2.81. The van der Waals surface area contributed by atoms with Crippen molar-refractivity contribution in [1.82, 2.24) is 0 Å². The van der Waals surface area contributed by atoms with E-state index < -0.39 is 0 Å². The Morgan fingerprint density at radius 1 is 1.03 bits per heavy atom. The van der Waals surface area contributed by atoms with Gasteiger partial charge in [0.15, 0.2) is 6.61 Å². The van der Waals surface area contributed by atoms with Crippen molar-refractivity contribution >= 4 is 23.2 Å². The number of carbonyl (C=O) groups is 2. The van der Waals surface area contributed by atoms with Gasteiger partial charge in [0.25, 0.3) is 11.8 Å². The minimum atomic E-state index is -0.194. The molecule has 1 aliphatic rings. The molecule has 0 saturated carbocycles. The van der Waals surface area contributed by atoms with E-state index in [1.165, 1.54) is 0 Å². The van der Waals surface area contributed by atoms with E-state index in [0.29, 0.717) is 36.1 Å². The Kier molecular flexibility index (Phi) is 6.40. The van der Waals surface area contributed by atoms with Gasteiger partial charge >= 0.3 is 0 Å². The van der Waals surface area contributed by atoms with Crippen molar-refractivity contribution in [1.29, 1.82) is 0 Å². The Labute approximate surface area is 187 Å². The molecular weight excluding hydrogens is 404 g/mol. The van der Waals surface area contributed by atoms with Crippen LogP contribution in [0.3, 0.4) is 0 Å². The SMILES string of the molecule is CC(C)COc1ccc(NC(=O)c2ccc(CN3C(=O)COc4ccccc43)cc2)cc1. The van der Waals surface area contributed by atoms with Crippen LogP contribution in [0.1, 0.15) is 29.8 Å². The summed E-state index contributed by atoms with van der Waals surface area (Å²) < 4.78 is 11.2. The molecule has 3 aromatic carbocycles. The number of benzene rings is 3. The van der Waals surface area contributed by atoms with E-state index in [4.69, 9.17) is 9.47 Å². The largest absolute Gasteiger partial charge is 0.493 e. The van der Waals surface area contributed by atoms with Crippen molar-refractivity contribution in [2.24, 2.45) is 5.92 Å². The first-order valence-electron chi connectivity index (χ1n) is 10.6. The highest BCUT2D eigenvalue weighted by atomic mass is 16.5. The summed E-state index contributed by atoms with van der Waals surface area (Å²) in [7, 11) is 0. The summed E-state index contributed by atoms with van der Waals surface area (Å²) in [6.45, 7) is 5.28. The van der Waals surface area contributed by atoms with Crippen LogP contribution >= 0.6 is 0 Å². The molecule has 0 radical (unpaired) electrons. The lowest BCUT2D eigenvalue weighted by molar-refractivity contribution is -0.121. The molecule has 0 fully saturated rings. The quantitative estimate of drug-likeness (QED) is 0.579. The van der Waals surface area contributed by atoms with E-state index in [2.05, 4.69) is 19.2 Å². The summed E-state index contributed by atoms with van der Waals surface area (Å²) in [6, 6.07) is 22.1. The second-order valence-corrected chi connectivity index (χ2v) is 8.12. The predicted molar refractivity (Wildman–Crippen MR) is 124 cm³/mol. The van der Waals surface area contributed by atoms with Gasteiger partial charge in [-0.2, -0.15) is 0 Å². The molecular formula is C26H26N2O4. The molecule has 1 heterocycles. The fourth-order valence-corrected chi connectivity index (χ4v) is 3.37. The lowest BCUT2D eigenvalue weighted by Gasteiger charge is -2.29. The minimum absolute atomic E-state index is 0.0266. The molecule has 0 spiro atoms. The topological polar surface area (TPSA) is 67.9 Å². The van der Waals surface area contributed by atoms with Gasteiger partial charge in [0, 0.05) is 11.3 Å². The van der Waals surface area contributed by atoms with Gasteiger partial charge in [-0.1, -0.05) is 38.1 Å². The highest BCUT2D eigenvalue weighted by Gasteiger charge is 2.25. The maximum Gasteiger partial charge on any atom is 0.265 e. The Balaban J connectivity index is 1.38. The molecule has 0 unspecified atom stereocenters. The molecule has 2 amide bonds. The van der Waals surface area contributed by atoms with E-state index in [9.17, 15) is 9.59 Å². The Hall–Kier alpha value is -3.80. The highest BCUT2D eigenvalue weighted by molar-refractivity contribution is 6.04. The van der Waals surface area contributed by atoms with E-state index in [-0.39, 0.29) is 18.4 Å². The molecule has 1 N–H and O–H groups in total. The molecule has 1 aliphatic heterocycles. The lowest BCUT2D eigenvalue weighted by Crippen LogP contribution is -2.38. The number of para-hydroxylation sites is 2. The normalized spacial score (nSPS) is 12.8. The third-order valence-corrected chi connectivity index (χ3v) is 5.06. The Morgan fingerprint density at radius 2 is 1.75 bits per heavy atom. The third-order valence-electron chi connectivity index (χ3n) is 5.06. The first-order chi connectivity index (χ1) is 15.5. The zero-order valence-electron chi connectivity index (χ0n) is 18.2. The van der Waals surface area contributed by atoms with Crippen LogP contribution in [0.2, 0.25) is 0 Å². The molecule has 0 aliphatic carbocycles. The molecule has 0 atom stereocenters. The van der Waals surface area contributed by atoms with Gasteiger partial charge < -0.3 is 19.7 Å². The van der Waals surface area contributed by atoms with E-state index >= 15 is 0 Å². The fourth-order valence-electron chi connectivity index (χ4n) is 3.37. The molecule has 0 aromatic heterocycles. The molecule has 4 rings (SSSR count). The van der Waals surface area contributed by atoms with Gasteiger partial charge in [0.2, 0.25) is 0 Å². The number of anilines is 2. The van der Waals surface area contributed by atoms with Gasteiger partial charge in [0.05, 0.1) is 18.8 Å². The number of amides is 2. The first kappa shape index (κ1) is 21.4. The Morgan fingerprint density at radius 3 is 2.47 bits per heavy atom. The van der Waals surface area contributed by atoms with Crippen molar-refractivity contribution in [2.45, 2.75) is 20.4 Å². The second-order valence-electron chi connectivity index (χ2n) is 8.12. The fraction of sp³-hybridized carbons (Fsp3) is 0.231. The van der Waals surface area contributed by atoms with Crippen LogP contribution in [-0.4, -0.2) is 25.0 Å². The van der Waals surface area contributed by atoms with Gasteiger partial charge in [-0.15, -0.1) is 0 Å². The summed E-state index contributed by atoms with van der Waals surface area (Å²) in [4.78, 5) is 26.7. The molecule has 164 valence electrons. The van der Waals surface area contributed by atoms with E-state index in [1.54, 1.807) is 17.0 Å². The van der Waals surface area contributed by atoms with Crippen LogP contribution in [0.5, 0.6) is 11.5 Å². The lowest BCUT2D eigenvalue weighted by atomic mass is 10.1. The number of carbonyl (C=O) groups excluding carboxylic acids is 2. The Bertz CT molecular complexity index is 1090. The van der Waals surface area contributed by atoms with Crippen LogP contribution in [0.4, 0.5) is 11.4 Å². The summed E-state index contributed by atoms with van der Waals surface area (Å²) in [5.41, 5.74) is 2.93. The summed E-state index contributed by atoms with van der Waals surface area (Å²) >= 11 is 0. The van der Waals surface area contributed by atoms with Gasteiger partial charge in [-0.05, 0) is 60.0 Å². The van der Waals surface area contributed by atoms with Crippen molar-refractivity contribution < 1.29 is 19.1 Å². The number of ether oxygens (including phenoxy) is 2. The average molecular weight is 431 g/mol. The maximum atomic E-state index is 12.6. The zero-order chi connectivity index (χ0) is 22.5. The number of fused-ring (bicyclic) bond motifs is 1. The highest BCUT2D eigenvalue weighted by Crippen LogP contribution is 2.32. The summed E-state index contributed by atoms with van der Waals surface area (Å²) in [5, 5.41) is 2.90. The molecule has 0 bridgehead atoms. The van der Waals surface area contributed by atoms with Crippen molar-refractivity contribution in [2.75, 3.05) is 23.4 Å². The van der Waals surface area contributed by atoms with Crippen LogP contribution in [0.25, 0.3) is 0 Å². The van der Waals surface area contributed by atoms with Gasteiger partial charge in [0.1, 0.15) is 11.5 Å². The third kappa shape index (κ3) is 5.09. The molecule has 3 aromatic rings. The second kappa shape index (κ2) is 9.56. The van der Waals surface area contributed by atoms with Crippen LogP contribution in [-0.2, 0) is 11.3 Å². The maximum absolute atomic E-state index is 12.6. The first-order valence-corrected chi connectivity index (χ1v) is 10.6. The number of hydrogen-bond acceptors (Lipinski definition) is 4. The van der Waals surface area contributed by atoms with Crippen LogP contribution in [0.15, 0.2) is 72.8 Å². The smallest absolute Gasteiger partial charge is 0.265 e. The number of nitrogens with zero attached hydrogens (tertiary/aromatic N) is 1. The summed E-state index contributed by atoms with van der Waals surface area (Å²) in [5.74, 6) is 1.64. The van der Waals surface area contributed by atoms with Crippen molar-refractivity contribution in [3.05, 3.63) is 83.9 Å². The van der Waals surface area contributed by atoms with Gasteiger partial charge in [-0.3, -0.25) is 9.59 Å². The van der Waals surface area contributed by atoms with E-state index in [0.717, 1.165) is 17.0 Å². The van der Waals surface area contributed by atoms with Crippen molar-refractivity contribution in [3.8, 4) is 11.5 Å². The van der Waals surface area contributed by atoms with Crippen molar-refractivity contribution in [3.63, 3.8) is 0 Å². The standard InChI is InChI=1S/C26H26N2O4/c1-18(2)16-31-22-13-11-21(12-14-22)27-26(30)20-9-7-19(8-10-20)15-28-23-5-3-4-6-24(23)32-17-25(28)29/h3-14,18H,15-17H2,1-2H3,(H,27,30). The van der Waals surface area contributed by atoms with Gasteiger partial charge in [-0.25, -0.2) is 0 Å². The van der Waals surface area contributed by atoms with Crippen LogP contribution < -0.4 is 19.7 Å². The molecule has 6 nitrogen and oxygen atoms in total. The minimum Gasteiger partial charge on any atom is -0.493 e. The number of hydrogen-bond donors (Lipinski definition) is 1. The molecule has 32 heavy (non-hydrogen) atoms. The van der Waals surface area contributed by atoms with Crippen LogP contribution in [0, 0.1) is 5.92 Å². The zero-order valence-corrected chi connectivity index (χ0v) is 18.2. The number of rotatable bonds is 7. The molecule has 0 saturated heterocycles. The monoisotopic (exact) mass is 430 g/mol. The molecule has 6 heteroatoms. The number of nitrogens with one attached hydrogen (secondary N) is 1.